The largest absolute Gasteiger partial charge is 0.477 e. The van der Waals surface area contributed by atoms with Gasteiger partial charge in [0.2, 0.25) is 5.91 Å². The summed E-state index contributed by atoms with van der Waals surface area (Å²) in [5, 5.41) is 5.36. The number of hydrogen-bond donors (Lipinski definition) is 2. The molecule has 8 heteroatoms. The monoisotopic (exact) mass is 377 g/mol. The van der Waals surface area contributed by atoms with Crippen molar-refractivity contribution in [2.75, 3.05) is 30.4 Å². The average Bonchev–Trinajstić information content (AvgIpc) is 2.64. The lowest BCUT2D eigenvalue weighted by atomic mass is 10.1. The predicted molar refractivity (Wildman–Crippen MR) is 97.2 cm³/mol. The summed E-state index contributed by atoms with van der Waals surface area (Å²) < 4.78 is 19.5. The molecule has 0 fully saturated rings. The number of nitrogens with one attached hydrogen (secondary N) is 2. The van der Waals surface area contributed by atoms with Crippen LogP contribution in [0, 0.1) is 5.82 Å². The number of likely N-dealkylation sites (N-methyl/N-ethyl adjacent to an activating group) is 1. The van der Waals surface area contributed by atoms with Gasteiger partial charge in [-0.3, -0.25) is 9.59 Å². The van der Waals surface area contributed by atoms with Crippen molar-refractivity contribution in [3.63, 3.8) is 0 Å². The molecule has 1 aliphatic heterocycles. The molecule has 0 saturated carbocycles. The van der Waals surface area contributed by atoms with Gasteiger partial charge in [-0.25, -0.2) is 4.39 Å². The minimum atomic E-state index is -0.745. The summed E-state index contributed by atoms with van der Waals surface area (Å²) in [4.78, 5) is 26.1. The Balaban J connectivity index is 1.78. The highest BCUT2D eigenvalue weighted by molar-refractivity contribution is 6.30. The molecule has 0 unspecified atom stereocenters. The number of fused-ring (bicyclic) bond motifs is 1. The number of rotatable bonds is 4. The predicted octanol–water partition coefficient (Wildman–Crippen LogP) is 2.43. The Kier molecular flexibility index (Phi) is 5.27. The van der Waals surface area contributed by atoms with E-state index in [4.69, 9.17) is 16.3 Å². The normalized spacial score (nSPS) is 15.7. The van der Waals surface area contributed by atoms with E-state index < -0.39 is 17.8 Å². The smallest absolute Gasteiger partial charge is 0.262 e. The first-order valence-corrected chi connectivity index (χ1v) is 8.33. The van der Waals surface area contributed by atoms with Crippen molar-refractivity contribution in [3.05, 3.63) is 53.3 Å². The maximum absolute atomic E-state index is 13.8. The summed E-state index contributed by atoms with van der Waals surface area (Å²) in [6.07, 6.45) is -0.745. The summed E-state index contributed by atoms with van der Waals surface area (Å²) in [7, 11) is 1.52. The highest BCUT2D eigenvalue weighted by Gasteiger charge is 2.31. The van der Waals surface area contributed by atoms with Crippen LogP contribution in [0.3, 0.4) is 0 Å². The van der Waals surface area contributed by atoms with Gasteiger partial charge in [0.25, 0.3) is 5.91 Å². The molecule has 136 valence electrons. The first kappa shape index (κ1) is 18.0. The third kappa shape index (κ3) is 3.88. The van der Waals surface area contributed by atoms with Crippen molar-refractivity contribution in [1.29, 1.82) is 0 Å². The lowest BCUT2D eigenvalue weighted by Gasteiger charge is -2.35. The van der Waals surface area contributed by atoms with Crippen LogP contribution in [0.2, 0.25) is 5.02 Å². The first-order chi connectivity index (χ1) is 12.5. The fourth-order valence-corrected chi connectivity index (χ4v) is 2.88. The second kappa shape index (κ2) is 7.61. The molecule has 1 aliphatic rings. The highest BCUT2D eigenvalue weighted by Crippen LogP contribution is 2.33. The van der Waals surface area contributed by atoms with Crippen LogP contribution in [0.5, 0.6) is 5.75 Å². The van der Waals surface area contributed by atoms with Gasteiger partial charge in [-0.15, -0.1) is 0 Å². The van der Waals surface area contributed by atoms with E-state index in [0.717, 1.165) is 0 Å². The summed E-state index contributed by atoms with van der Waals surface area (Å²) in [5.41, 5.74) is 0.696. The van der Waals surface area contributed by atoms with Crippen LogP contribution in [0.15, 0.2) is 42.5 Å². The molecule has 0 aromatic heterocycles. The Morgan fingerprint density at radius 1 is 1.31 bits per heavy atom. The molecule has 1 atom stereocenters. The van der Waals surface area contributed by atoms with Crippen LogP contribution < -0.4 is 20.3 Å². The molecule has 0 aliphatic carbocycles. The van der Waals surface area contributed by atoms with Crippen LogP contribution in [0.1, 0.15) is 0 Å². The van der Waals surface area contributed by atoms with Gasteiger partial charge in [0, 0.05) is 12.1 Å². The minimum Gasteiger partial charge on any atom is -0.477 e. The molecule has 1 heterocycles. The van der Waals surface area contributed by atoms with Gasteiger partial charge in [0.05, 0.1) is 24.5 Å². The summed E-state index contributed by atoms with van der Waals surface area (Å²) in [6.45, 7) is 0.127. The van der Waals surface area contributed by atoms with E-state index in [-0.39, 0.29) is 24.7 Å². The molecule has 2 N–H and O–H groups in total. The maximum Gasteiger partial charge on any atom is 0.262 e. The number of halogens is 2. The van der Waals surface area contributed by atoms with E-state index in [1.165, 1.54) is 25.2 Å². The molecule has 6 nitrogen and oxygen atoms in total. The summed E-state index contributed by atoms with van der Waals surface area (Å²) in [6, 6.07) is 11.0. The standard InChI is InChI=1S/C18H17ClFN3O3/c1-21-18(25)16-9-23(14-4-2-3-5-15(14)26-16)10-17(24)22-13-8-11(19)6-7-12(13)20/h2-8,16H,9-10H2,1H3,(H,21,25)(H,22,24)/t16-/m0/s1. The Morgan fingerprint density at radius 3 is 2.85 bits per heavy atom. The van der Waals surface area contributed by atoms with E-state index in [2.05, 4.69) is 10.6 Å². The van der Waals surface area contributed by atoms with Crippen molar-refractivity contribution < 1.29 is 18.7 Å². The number of hydrogen-bond acceptors (Lipinski definition) is 4. The number of ether oxygens (including phenoxy) is 1. The van der Waals surface area contributed by atoms with E-state index in [0.29, 0.717) is 16.5 Å². The van der Waals surface area contributed by atoms with Gasteiger partial charge in [0.15, 0.2) is 6.10 Å². The second-order valence-corrected chi connectivity index (χ2v) is 6.18. The topological polar surface area (TPSA) is 70.7 Å². The Morgan fingerprint density at radius 2 is 2.08 bits per heavy atom. The Labute approximate surface area is 154 Å². The second-order valence-electron chi connectivity index (χ2n) is 5.74. The molecule has 2 amide bonds. The maximum atomic E-state index is 13.8. The zero-order valence-electron chi connectivity index (χ0n) is 14.0. The van der Waals surface area contributed by atoms with Crippen molar-refractivity contribution in [3.8, 4) is 5.75 Å². The molecule has 3 rings (SSSR count). The zero-order chi connectivity index (χ0) is 18.7. The summed E-state index contributed by atoms with van der Waals surface area (Å²) >= 11 is 5.84. The van der Waals surface area contributed by atoms with Crippen molar-refractivity contribution >= 4 is 34.8 Å². The van der Waals surface area contributed by atoms with E-state index in [1.807, 2.05) is 6.07 Å². The number of anilines is 2. The quantitative estimate of drug-likeness (QED) is 0.858. The van der Waals surface area contributed by atoms with E-state index >= 15 is 0 Å². The van der Waals surface area contributed by atoms with Gasteiger partial charge in [-0.2, -0.15) is 0 Å². The van der Waals surface area contributed by atoms with Crippen molar-refractivity contribution in [2.24, 2.45) is 0 Å². The lowest BCUT2D eigenvalue weighted by molar-refractivity contribution is -0.127. The number of nitrogens with zero attached hydrogens (tertiary/aromatic N) is 1. The van der Waals surface area contributed by atoms with E-state index in [1.54, 1.807) is 23.1 Å². The average molecular weight is 378 g/mol. The van der Waals surface area contributed by atoms with Gasteiger partial charge < -0.3 is 20.3 Å². The number of carbonyl (C=O) groups is 2. The molecular weight excluding hydrogens is 361 g/mol. The molecule has 0 spiro atoms. The Bertz CT molecular complexity index is 846. The number of benzene rings is 2. The molecule has 2 aromatic carbocycles. The molecule has 2 aromatic rings. The van der Waals surface area contributed by atoms with Crippen LogP contribution in [-0.4, -0.2) is 38.1 Å². The van der Waals surface area contributed by atoms with Crippen LogP contribution >= 0.6 is 11.6 Å². The fourth-order valence-electron chi connectivity index (χ4n) is 2.71. The van der Waals surface area contributed by atoms with E-state index in [9.17, 15) is 14.0 Å². The lowest BCUT2D eigenvalue weighted by Crippen LogP contribution is -2.50. The third-order valence-electron chi connectivity index (χ3n) is 3.94. The first-order valence-electron chi connectivity index (χ1n) is 7.95. The number of amides is 2. The minimum absolute atomic E-state index is 0.00639. The van der Waals surface area contributed by atoms with Crippen molar-refractivity contribution in [1.82, 2.24) is 5.32 Å². The van der Waals surface area contributed by atoms with Gasteiger partial charge in [-0.1, -0.05) is 23.7 Å². The number of carbonyl (C=O) groups excluding carboxylic acids is 2. The van der Waals surface area contributed by atoms with Crippen LogP contribution in [-0.2, 0) is 9.59 Å². The number of para-hydroxylation sites is 2. The van der Waals surface area contributed by atoms with Gasteiger partial charge in [-0.05, 0) is 30.3 Å². The summed E-state index contributed by atoms with van der Waals surface area (Å²) in [5.74, 6) is -0.785. The molecule has 0 saturated heterocycles. The fraction of sp³-hybridized carbons (Fsp3) is 0.222. The van der Waals surface area contributed by atoms with Crippen molar-refractivity contribution in [2.45, 2.75) is 6.10 Å². The van der Waals surface area contributed by atoms with Gasteiger partial charge in [0.1, 0.15) is 11.6 Å². The zero-order valence-corrected chi connectivity index (χ0v) is 14.7. The Hall–Kier alpha value is -2.80. The van der Waals surface area contributed by atoms with Crippen LogP contribution in [0.25, 0.3) is 0 Å². The highest BCUT2D eigenvalue weighted by atomic mass is 35.5. The molecular formula is C18H17ClFN3O3. The molecule has 26 heavy (non-hydrogen) atoms. The molecule has 0 radical (unpaired) electrons. The third-order valence-corrected chi connectivity index (χ3v) is 4.17. The SMILES string of the molecule is CNC(=O)[C@@H]1CN(CC(=O)Nc2cc(Cl)ccc2F)c2ccccc2O1. The van der Waals surface area contributed by atoms with Crippen LogP contribution in [0.4, 0.5) is 15.8 Å². The van der Waals surface area contributed by atoms with Gasteiger partial charge >= 0.3 is 0 Å². The molecule has 0 bridgehead atoms.